The van der Waals surface area contributed by atoms with Gasteiger partial charge in [-0.2, -0.15) is 13.2 Å². The van der Waals surface area contributed by atoms with Crippen LogP contribution in [0.3, 0.4) is 0 Å². The smallest absolute Gasteiger partial charge is 0.400 e. The van der Waals surface area contributed by atoms with E-state index in [2.05, 4.69) is 10.5 Å². The molecule has 0 aromatic carbocycles. The highest BCUT2D eigenvalue weighted by Gasteiger charge is 2.43. The number of nitrogens with two attached hydrogens (primary N) is 1. The number of halogens is 3. The number of oxime groups is 1. The maximum absolute atomic E-state index is 12.7. The summed E-state index contributed by atoms with van der Waals surface area (Å²) in [6, 6.07) is 0. The molecule has 3 unspecified atom stereocenters. The van der Waals surface area contributed by atoms with E-state index in [9.17, 15) is 18.3 Å². The Bertz CT molecular complexity index is 349. The van der Waals surface area contributed by atoms with Gasteiger partial charge in [0.1, 0.15) is 5.92 Å². The van der Waals surface area contributed by atoms with Crippen LogP contribution in [0.25, 0.3) is 0 Å². The second kappa shape index (κ2) is 6.62. The first kappa shape index (κ1) is 17.0. The largest absolute Gasteiger partial charge is 0.409 e. The number of nitrogens with one attached hydrogen (secondary N) is 1. The van der Waals surface area contributed by atoms with Crippen LogP contribution in [0.5, 0.6) is 0 Å². The lowest BCUT2D eigenvalue weighted by Crippen LogP contribution is -2.48. The van der Waals surface area contributed by atoms with E-state index in [0.717, 1.165) is 12.8 Å². The van der Waals surface area contributed by atoms with Crippen LogP contribution < -0.4 is 11.1 Å². The fourth-order valence-electron chi connectivity index (χ4n) is 2.70. The number of alkyl halides is 3. The highest BCUT2D eigenvalue weighted by atomic mass is 19.4. The first-order valence-corrected chi connectivity index (χ1v) is 6.65. The molecule has 3 atom stereocenters. The molecule has 0 amide bonds. The van der Waals surface area contributed by atoms with Gasteiger partial charge in [0.15, 0.2) is 5.84 Å². The van der Waals surface area contributed by atoms with Crippen molar-refractivity contribution >= 4 is 5.84 Å². The van der Waals surface area contributed by atoms with E-state index in [1.807, 2.05) is 6.92 Å². The summed E-state index contributed by atoms with van der Waals surface area (Å²) in [5, 5.41) is 23.7. The second-order valence-corrected chi connectivity index (χ2v) is 5.68. The summed E-state index contributed by atoms with van der Waals surface area (Å²) < 4.78 is 38.1. The molecule has 118 valence electrons. The zero-order valence-electron chi connectivity index (χ0n) is 11.5. The summed E-state index contributed by atoms with van der Waals surface area (Å²) in [7, 11) is 0. The molecule has 0 heterocycles. The fraction of sp³-hybridized carbons (Fsp3) is 0.917. The summed E-state index contributed by atoms with van der Waals surface area (Å²) in [5.74, 6) is -2.58. The highest BCUT2D eigenvalue weighted by molar-refractivity contribution is 5.83. The van der Waals surface area contributed by atoms with Gasteiger partial charge >= 0.3 is 6.18 Å². The lowest BCUT2D eigenvalue weighted by Gasteiger charge is -2.36. The third kappa shape index (κ3) is 4.82. The fourth-order valence-corrected chi connectivity index (χ4v) is 2.70. The zero-order chi connectivity index (χ0) is 15.4. The van der Waals surface area contributed by atoms with Gasteiger partial charge in [-0.1, -0.05) is 24.9 Å². The lowest BCUT2D eigenvalue weighted by atomic mass is 9.79. The van der Waals surface area contributed by atoms with Crippen molar-refractivity contribution in [1.29, 1.82) is 0 Å². The van der Waals surface area contributed by atoms with Crippen molar-refractivity contribution in [1.82, 2.24) is 5.32 Å². The average molecular weight is 297 g/mol. The van der Waals surface area contributed by atoms with Crippen molar-refractivity contribution in [2.45, 2.75) is 44.4 Å². The van der Waals surface area contributed by atoms with Crippen LogP contribution in [0.15, 0.2) is 5.16 Å². The number of amidine groups is 1. The van der Waals surface area contributed by atoms with E-state index < -0.39 is 30.1 Å². The number of aliphatic hydroxyl groups is 1. The molecule has 1 rings (SSSR count). The maximum Gasteiger partial charge on any atom is 0.400 e. The Kier molecular flexibility index (Phi) is 5.64. The van der Waals surface area contributed by atoms with E-state index in [1.165, 1.54) is 0 Å². The van der Waals surface area contributed by atoms with E-state index in [0.29, 0.717) is 18.8 Å². The van der Waals surface area contributed by atoms with Crippen molar-refractivity contribution in [3.8, 4) is 0 Å². The minimum Gasteiger partial charge on any atom is -0.409 e. The van der Waals surface area contributed by atoms with Gasteiger partial charge in [0.2, 0.25) is 0 Å². The summed E-state index contributed by atoms with van der Waals surface area (Å²) in [4.78, 5) is 0. The molecule has 0 saturated heterocycles. The van der Waals surface area contributed by atoms with Crippen molar-refractivity contribution in [3.63, 3.8) is 0 Å². The molecule has 5 N–H and O–H groups in total. The Morgan fingerprint density at radius 1 is 1.55 bits per heavy atom. The zero-order valence-corrected chi connectivity index (χ0v) is 11.5. The van der Waals surface area contributed by atoms with E-state index in [-0.39, 0.29) is 6.54 Å². The number of hydrogen-bond acceptors (Lipinski definition) is 4. The molecule has 0 aromatic heterocycles. The normalized spacial score (nSPS) is 30.2. The predicted octanol–water partition coefficient (Wildman–Crippen LogP) is 1.44. The SMILES string of the molecule is CC1CCCC(O)(CNCC(C(N)=NO)C(F)(F)F)C1. The molecule has 5 nitrogen and oxygen atoms in total. The molecular formula is C12H22F3N3O2. The maximum atomic E-state index is 12.7. The molecular weight excluding hydrogens is 275 g/mol. The number of hydrogen-bond donors (Lipinski definition) is 4. The van der Waals surface area contributed by atoms with Crippen molar-refractivity contribution in [3.05, 3.63) is 0 Å². The van der Waals surface area contributed by atoms with Gasteiger partial charge in [0.25, 0.3) is 0 Å². The van der Waals surface area contributed by atoms with E-state index in [4.69, 9.17) is 10.9 Å². The molecule has 0 aromatic rings. The first-order valence-electron chi connectivity index (χ1n) is 6.65. The van der Waals surface area contributed by atoms with Crippen LogP contribution in [0, 0.1) is 11.8 Å². The number of nitrogens with zero attached hydrogens (tertiary/aromatic N) is 1. The van der Waals surface area contributed by atoms with Crippen LogP contribution in [-0.4, -0.2) is 41.0 Å². The van der Waals surface area contributed by atoms with Gasteiger partial charge in [-0.05, 0) is 18.8 Å². The molecule has 20 heavy (non-hydrogen) atoms. The van der Waals surface area contributed by atoms with E-state index >= 15 is 0 Å². The Balaban J connectivity index is 2.52. The van der Waals surface area contributed by atoms with Gasteiger partial charge in [-0.15, -0.1) is 0 Å². The van der Waals surface area contributed by atoms with Crippen LogP contribution in [0.2, 0.25) is 0 Å². The third-order valence-electron chi connectivity index (χ3n) is 3.74. The predicted molar refractivity (Wildman–Crippen MR) is 68.4 cm³/mol. The highest BCUT2D eigenvalue weighted by Crippen LogP contribution is 2.32. The van der Waals surface area contributed by atoms with Crippen molar-refractivity contribution < 1.29 is 23.5 Å². The molecule has 1 aliphatic rings. The van der Waals surface area contributed by atoms with E-state index in [1.54, 1.807) is 0 Å². The van der Waals surface area contributed by atoms with Crippen molar-refractivity contribution in [2.75, 3.05) is 13.1 Å². The first-order chi connectivity index (χ1) is 9.18. The van der Waals surface area contributed by atoms with Crippen LogP contribution in [-0.2, 0) is 0 Å². The Morgan fingerprint density at radius 3 is 2.70 bits per heavy atom. The van der Waals surface area contributed by atoms with Crippen LogP contribution in [0.1, 0.15) is 32.6 Å². The summed E-state index contributed by atoms with van der Waals surface area (Å²) in [5.41, 5.74) is 4.08. The third-order valence-corrected chi connectivity index (χ3v) is 3.74. The van der Waals surface area contributed by atoms with Gasteiger partial charge < -0.3 is 21.4 Å². The second-order valence-electron chi connectivity index (χ2n) is 5.68. The Labute approximate surface area is 116 Å². The molecule has 0 radical (unpaired) electrons. The minimum atomic E-state index is -4.59. The van der Waals surface area contributed by atoms with Crippen LogP contribution in [0.4, 0.5) is 13.2 Å². The summed E-state index contributed by atoms with van der Waals surface area (Å²) in [6.07, 6.45) is -1.56. The number of rotatable bonds is 5. The van der Waals surface area contributed by atoms with Gasteiger partial charge in [-0.25, -0.2) is 0 Å². The average Bonchev–Trinajstić information content (AvgIpc) is 2.32. The van der Waals surface area contributed by atoms with Crippen LogP contribution >= 0.6 is 0 Å². The molecule has 0 bridgehead atoms. The van der Waals surface area contributed by atoms with Gasteiger partial charge in [0.05, 0.1) is 5.60 Å². The summed E-state index contributed by atoms with van der Waals surface area (Å²) in [6.45, 7) is 1.57. The molecule has 8 heteroatoms. The quantitative estimate of drug-likeness (QED) is 0.267. The Hall–Kier alpha value is -1.02. The minimum absolute atomic E-state index is 0.0721. The molecule has 1 aliphatic carbocycles. The molecule has 0 aliphatic heterocycles. The molecule has 1 saturated carbocycles. The lowest BCUT2D eigenvalue weighted by molar-refractivity contribution is -0.155. The van der Waals surface area contributed by atoms with Crippen molar-refractivity contribution in [2.24, 2.45) is 22.7 Å². The topological polar surface area (TPSA) is 90.9 Å². The molecule has 1 fully saturated rings. The van der Waals surface area contributed by atoms with Gasteiger partial charge in [-0.3, -0.25) is 0 Å². The van der Waals surface area contributed by atoms with Gasteiger partial charge in [0, 0.05) is 13.1 Å². The monoisotopic (exact) mass is 297 g/mol. The molecule has 0 spiro atoms. The Morgan fingerprint density at radius 2 is 2.20 bits per heavy atom. The standard InChI is InChI=1S/C12H22F3N3O2/c1-8-3-2-4-11(19,5-8)7-17-6-9(10(16)18-20)12(13,14)15/h8-9,17,19-20H,2-7H2,1H3,(H2,16,18). The summed E-state index contributed by atoms with van der Waals surface area (Å²) >= 11 is 0.